The largest absolute Gasteiger partial charge is 0.496 e. The summed E-state index contributed by atoms with van der Waals surface area (Å²) in [5.74, 6) is 0.683. The number of aromatic nitrogens is 1. The van der Waals surface area contributed by atoms with Crippen LogP contribution in [0, 0.1) is 6.92 Å². The zero-order chi connectivity index (χ0) is 19.7. The highest BCUT2D eigenvalue weighted by Gasteiger charge is 2.36. The molecule has 1 saturated heterocycles. The fourth-order valence-electron chi connectivity index (χ4n) is 3.76. The topological polar surface area (TPSA) is 71.5 Å². The molecule has 0 spiro atoms. The normalized spacial score (nSPS) is 18.3. The fourth-order valence-corrected chi connectivity index (χ4v) is 5.53. The molecule has 1 aromatic heterocycles. The second-order valence-electron chi connectivity index (χ2n) is 6.92. The van der Waals surface area contributed by atoms with Crippen molar-refractivity contribution in [2.24, 2.45) is 0 Å². The van der Waals surface area contributed by atoms with E-state index < -0.39 is 10.0 Å². The second kappa shape index (κ2) is 7.50. The molecular weight excluding hydrogens is 374 g/mol. The van der Waals surface area contributed by atoms with Crippen molar-refractivity contribution >= 4 is 20.9 Å². The quantitative estimate of drug-likeness (QED) is 0.733. The van der Waals surface area contributed by atoms with Gasteiger partial charge in [-0.15, -0.1) is 0 Å². The molecule has 2 heterocycles. The monoisotopic (exact) mass is 397 g/mol. The van der Waals surface area contributed by atoms with Gasteiger partial charge in [-0.05, 0) is 30.7 Å². The first kappa shape index (κ1) is 18.9. The molecule has 146 valence electrons. The predicted molar refractivity (Wildman–Crippen MR) is 109 cm³/mol. The minimum absolute atomic E-state index is 0.242. The molecule has 1 aliphatic heterocycles. The number of nitrogens with one attached hydrogen (secondary N) is 1. The lowest BCUT2D eigenvalue weighted by Gasteiger charge is -2.36. The molecule has 1 unspecified atom stereocenters. The number of aryl methyl sites for hydroxylation is 1. The first-order valence-corrected chi connectivity index (χ1v) is 10.7. The summed E-state index contributed by atoms with van der Waals surface area (Å²) in [6, 6.07) is 14.5. The van der Waals surface area contributed by atoms with Crippen molar-refractivity contribution in [2.45, 2.75) is 17.9 Å². The van der Waals surface area contributed by atoms with Gasteiger partial charge in [0.1, 0.15) is 10.6 Å². The number of piperazine rings is 1. The van der Waals surface area contributed by atoms with E-state index in [9.17, 15) is 8.42 Å². The Morgan fingerprint density at radius 1 is 1.18 bits per heavy atom. The Balaban J connectivity index is 1.84. The lowest BCUT2D eigenvalue weighted by Crippen LogP contribution is -2.48. The van der Waals surface area contributed by atoms with Crippen LogP contribution in [0.3, 0.4) is 0 Å². The van der Waals surface area contributed by atoms with E-state index in [2.05, 4.69) is 10.3 Å². The van der Waals surface area contributed by atoms with Crippen LogP contribution in [0.15, 0.2) is 59.6 Å². The van der Waals surface area contributed by atoms with Crippen molar-refractivity contribution in [1.82, 2.24) is 14.6 Å². The molecule has 7 heteroatoms. The lowest BCUT2D eigenvalue weighted by molar-refractivity contribution is 0.265. The van der Waals surface area contributed by atoms with Crippen LogP contribution in [-0.4, -0.2) is 44.5 Å². The summed E-state index contributed by atoms with van der Waals surface area (Å²) in [5, 5.41) is 4.13. The summed E-state index contributed by atoms with van der Waals surface area (Å²) in [7, 11) is -2.15. The molecular formula is C21H23N3O3S. The van der Waals surface area contributed by atoms with Crippen molar-refractivity contribution in [2.75, 3.05) is 26.7 Å². The van der Waals surface area contributed by atoms with Gasteiger partial charge in [0, 0.05) is 36.8 Å². The standard InChI is InChI=1S/C21H23N3O3S/c1-15-12-16-6-5-9-20(21(16)23-13-15)28(25,26)24-11-10-22-14-18(24)17-7-3-4-8-19(17)27-2/h3-9,12-13,18,22H,10-11,14H2,1-2H3. The van der Waals surface area contributed by atoms with E-state index >= 15 is 0 Å². The van der Waals surface area contributed by atoms with E-state index in [-0.39, 0.29) is 10.9 Å². The van der Waals surface area contributed by atoms with Crippen molar-refractivity contribution in [1.29, 1.82) is 0 Å². The number of sulfonamides is 1. The Morgan fingerprint density at radius 2 is 2.00 bits per heavy atom. The molecule has 0 saturated carbocycles. The first-order valence-electron chi connectivity index (χ1n) is 9.23. The van der Waals surface area contributed by atoms with Crippen LogP contribution >= 0.6 is 0 Å². The highest BCUT2D eigenvalue weighted by Crippen LogP contribution is 2.35. The molecule has 28 heavy (non-hydrogen) atoms. The van der Waals surface area contributed by atoms with Crippen molar-refractivity contribution in [3.8, 4) is 5.75 Å². The Morgan fingerprint density at radius 3 is 2.82 bits per heavy atom. The number of ether oxygens (including phenoxy) is 1. The number of hydrogen-bond acceptors (Lipinski definition) is 5. The molecule has 0 radical (unpaired) electrons. The summed E-state index contributed by atoms with van der Waals surface area (Å²) in [6.07, 6.45) is 1.71. The van der Waals surface area contributed by atoms with Crippen LogP contribution in [-0.2, 0) is 10.0 Å². The molecule has 0 bridgehead atoms. The van der Waals surface area contributed by atoms with Gasteiger partial charge in [-0.25, -0.2) is 8.42 Å². The van der Waals surface area contributed by atoms with E-state index in [1.807, 2.05) is 43.3 Å². The number of nitrogens with zero attached hydrogens (tertiary/aromatic N) is 2. The van der Waals surface area contributed by atoms with Gasteiger partial charge in [0.05, 0.1) is 18.7 Å². The molecule has 2 aromatic carbocycles. The highest BCUT2D eigenvalue weighted by atomic mass is 32.2. The minimum Gasteiger partial charge on any atom is -0.496 e. The van der Waals surface area contributed by atoms with Gasteiger partial charge in [-0.2, -0.15) is 4.31 Å². The summed E-state index contributed by atoms with van der Waals surface area (Å²) in [4.78, 5) is 4.67. The molecule has 6 nitrogen and oxygen atoms in total. The maximum atomic E-state index is 13.7. The second-order valence-corrected chi connectivity index (χ2v) is 8.78. The lowest BCUT2D eigenvalue weighted by atomic mass is 10.0. The summed E-state index contributed by atoms with van der Waals surface area (Å²) in [6.45, 7) is 3.45. The molecule has 4 rings (SSSR count). The number of benzene rings is 2. The highest BCUT2D eigenvalue weighted by molar-refractivity contribution is 7.89. The van der Waals surface area contributed by atoms with Gasteiger partial charge < -0.3 is 10.1 Å². The summed E-state index contributed by atoms with van der Waals surface area (Å²) < 4.78 is 34.4. The number of methoxy groups -OCH3 is 1. The Labute approximate surface area is 165 Å². The third kappa shape index (κ3) is 3.26. The van der Waals surface area contributed by atoms with Gasteiger partial charge >= 0.3 is 0 Å². The number of rotatable bonds is 4. The van der Waals surface area contributed by atoms with E-state index in [1.165, 1.54) is 0 Å². The maximum absolute atomic E-state index is 13.7. The number of hydrogen-bond donors (Lipinski definition) is 1. The molecule has 1 atom stereocenters. The van der Waals surface area contributed by atoms with Crippen molar-refractivity contribution in [3.05, 3.63) is 65.9 Å². The zero-order valence-corrected chi connectivity index (χ0v) is 16.7. The van der Waals surface area contributed by atoms with Gasteiger partial charge in [0.25, 0.3) is 0 Å². The predicted octanol–water partition coefficient (Wildman–Crippen LogP) is 2.89. The number of fused-ring (bicyclic) bond motifs is 1. The molecule has 0 amide bonds. The summed E-state index contributed by atoms with van der Waals surface area (Å²) in [5.41, 5.74) is 2.35. The zero-order valence-electron chi connectivity index (χ0n) is 15.9. The first-order chi connectivity index (χ1) is 13.5. The van der Waals surface area contributed by atoms with Crippen LogP contribution < -0.4 is 10.1 Å². The van der Waals surface area contributed by atoms with Crippen LogP contribution in [0.1, 0.15) is 17.2 Å². The fraction of sp³-hybridized carbons (Fsp3) is 0.286. The molecule has 0 aliphatic carbocycles. The molecule has 1 fully saturated rings. The average Bonchev–Trinajstić information content (AvgIpc) is 2.73. The van der Waals surface area contributed by atoms with Gasteiger partial charge in [0.2, 0.25) is 10.0 Å². The molecule has 1 N–H and O–H groups in total. The van der Waals surface area contributed by atoms with E-state index in [1.54, 1.807) is 29.7 Å². The van der Waals surface area contributed by atoms with Crippen LogP contribution in [0.2, 0.25) is 0 Å². The van der Waals surface area contributed by atoms with Crippen LogP contribution in [0.5, 0.6) is 5.75 Å². The van der Waals surface area contributed by atoms with E-state index in [0.717, 1.165) is 16.5 Å². The molecule has 3 aromatic rings. The summed E-state index contributed by atoms with van der Waals surface area (Å²) >= 11 is 0. The van der Waals surface area contributed by atoms with Gasteiger partial charge in [-0.3, -0.25) is 4.98 Å². The van der Waals surface area contributed by atoms with Crippen molar-refractivity contribution < 1.29 is 13.2 Å². The maximum Gasteiger partial charge on any atom is 0.245 e. The van der Waals surface area contributed by atoms with E-state index in [4.69, 9.17) is 4.74 Å². The van der Waals surface area contributed by atoms with Crippen LogP contribution in [0.4, 0.5) is 0 Å². The minimum atomic E-state index is -3.75. The Kier molecular flexibility index (Phi) is 5.05. The smallest absolute Gasteiger partial charge is 0.245 e. The SMILES string of the molecule is COc1ccccc1C1CNCCN1S(=O)(=O)c1cccc2cc(C)cnc12. The van der Waals surface area contributed by atoms with Crippen molar-refractivity contribution in [3.63, 3.8) is 0 Å². The number of para-hydroxylation sites is 2. The Bertz CT molecular complexity index is 1110. The van der Waals surface area contributed by atoms with E-state index in [0.29, 0.717) is 30.9 Å². The molecule has 1 aliphatic rings. The third-order valence-corrected chi connectivity index (χ3v) is 7.03. The Hall–Kier alpha value is -2.48. The average molecular weight is 398 g/mol. The third-order valence-electron chi connectivity index (χ3n) is 5.09. The number of pyridine rings is 1. The van der Waals surface area contributed by atoms with Crippen LogP contribution in [0.25, 0.3) is 10.9 Å². The van der Waals surface area contributed by atoms with Gasteiger partial charge in [-0.1, -0.05) is 30.3 Å². The van der Waals surface area contributed by atoms with Gasteiger partial charge in [0.15, 0.2) is 0 Å².